The smallest absolute Gasteiger partial charge is 0.229 e. The minimum Gasteiger partial charge on any atom is -0.380 e. The standard InChI is InChI=1S/C22H27NO2/c1-4-23(5-2)21(24)16(3)22(25)19-12-8-6-10-17(19)14-15-18-11-7-9-13-20(18)22/h6-13,16,25H,4-5,14-15H2,1-3H3/t16-/m1/s1. The number of carbonyl (C=O) groups is 1. The van der Waals surface area contributed by atoms with Gasteiger partial charge in [-0.3, -0.25) is 4.79 Å². The molecule has 0 radical (unpaired) electrons. The maximum absolute atomic E-state index is 13.1. The van der Waals surface area contributed by atoms with Crippen molar-refractivity contribution in [3.63, 3.8) is 0 Å². The molecule has 1 aliphatic rings. The molecule has 0 bridgehead atoms. The summed E-state index contributed by atoms with van der Waals surface area (Å²) in [5.41, 5.74) is 2.69. The van der Waals surface area contributed by atoms with Crippen molar-refractivity contribution in [3.05, 3.63) is 70.8 Å². The van der Waals surface area contributed by atoms with Crippen LogP contribution in [0.25, 0.3) is 0 Å². The third kappa shape index (κ3) is 2.87. The lowest BCUT2D eigenvalue weighted by molar-refractivity contribution is -0.142. The predicted octanol–water partition coefficient (Wildman–Crippen LogP) is 3.53. The van der Waals surface area contributed by atoms with Gasteiger partial charge in [-0.2, -0.15) is 0 Å². The van der Waals surface area contributed by atoms with E-state index in [0.29, 0.717) is 13.1 Å². The number of hydrogen-bond acceptors (Lipinski definition) is 2. The summed E-state index contributed by atoms with van der Waals surface area (Å²) in [6.45, 7) is 7.12. The highest BCUT2D eigenvalue weighted by Crippen LogP contribution is 2.43. The normalized spacial score (nSPS) is 16.3. The summed E-state index contributed by atoms with van der Waals surface area (Å²) in [7, 11) is 0. The van der Waals surface area contributed by atoms with E-state index in [1.54, 1.807) is 4.90 Å². The van der Waals surface area contributed by atoms with Crippen LogP contribution in [0.3, 0.4) is 0 Å². The molecule has 25 heavy (non-hydrogen) atoms. The van der Waals surface area contributed by atoms with E-state index in [0.717, 1.165) is 35.1 Å². The van der Waals surface area contributed by atoms with Gasteiger partial charge in [0, 0.05) is 13.1 Å². The average Bonchev–Trinajstić information content (AvgIpc) is 2.78. The van der Waals surface area contributed by atoms with Crippen LogP contribution in [0.1, 0.15) is 43.0 Å². The Morgan fingerprint density at radius 2 is 1.44 bits per heavy atom. The number of aryl methyl sites for hydroxylation is 2. The molecule has 0 saturated heterocycles. The van der Waals surface area contributed by atoms with Crippen molar-refractivity contribution in [1.82, 2.24) is 4.90 Å². The number of amides is 1. The molecular weight excluding hydrogens is 310 g/mol. The van der Waals surface area contributed by atoms with E-state index in [-0.39, 0.29) is 5.91 Å². The summed E-state index contributed by atoms with van der Waals surface area (Å²) in [5, 5.41) is 12.0. The molecule has 2 aromatic rings. The van der Waals surface area contributed by atoms with Gasteiger partial charge in [-0.15, -0.1) is 0 Å². The van der Waals surface area contributed by atoms with Gasteiger partial charge in [0.05, 0.1) is 5.92 Å². The first-order valence-corrected chi connectivity index (χ1v) is 9.21. The Kier molecular flexibility index (Phi) is 4.96. The first kappa shape index (κ1) is 17.7. The molecule has 0 spiro atoms. The van der Waals surface area contributed by atoms with Crippen LogP contribution in [0.2, 0.25) is 0 Å². The Bertz CT molecular complexity index is 717. The van der Waals surface area contributed by atoms with Gasteiger partial charge in [0.1, 0.15) is 5.60 Å². The number of benzene rings is 2. The quantitative estimate of drug-likeness (QED) is 0.927. The fraction of sp³-hybridized carbons (Fsp3) is 0.409. The zero-order chi connectivity index (χ0) is 18.0. The second-order valence-electron chi connectivity index (χ2n) is 6.81. The third-order valence-electron chi connectivity index (χ3n) is 5.59. The Morgan fingerprint density at radius 3 is 1.88 bits per heavy atom. The van der Waals surface area contributed by atoms with Crippen molar-refractivity contribution in [2.75, 3.05) is 13.1 Å². The van der Waals surface area contributed by atoms with Crippen molar-refractivity contribution in [1.29, 1.82) is 0 Å². The lowest BCUT2D eigenvalue weighted by atomic mass is 9.74. The van der Waals surface area contributed by atoms with Crippen LogP contribution in [0.4, 0.5) is 0 Å². The Hall–Kier alpha value is -2.13. The van der Waals surface area contributed by atoms with E-state index >= 15 is 0 Å². The van der Waals surface area contributed by atoms with Gasteiger partial charge in [0.15, 0.2) is 0 Å². The maximum atomic E-state index is 13.1. The van der Waals surface area contributed by atoms with Gasteiger partial charge in [0.2, 0.25) is 5.91 Å². The summed E-state index contributed by atoms with van der Waals surface area (Å²) >= 11 is 0. The van der Waals surface area contributed by atoms with Crippen molar-refractivity contribution in [3.8, 4) is 0 Å². The summed E-state index contributed by atoms with van der Waals surface area (Å²) in [5.74, 6) is -0.549. The molecule has 2 aromatic carbocycles. The van der Waals surface area contributed by atoms with E-state index in [9.17, 15) is 9.90 Å². The van der Waals surface area contributed by atoms with Crippen molar-refractivity contribution >= 4 is 5.91 Å². The highest BCUT2D eigenvalue weighted by Gasteiger charge is 2.45. The minimum atomic E-state index is -1.30. The van der Waals surface area contributed by atoms with Crippen LogP contribution in [-0.4, -0.2) is 29.0 Å². The van der Waals surface area contributed by atoms with Gasteiger partial charge in [-0.25, -0.2) is 0 Å². The molecule has 3 nitrogen and oxygen atoms in total. The number of nitrogens with zero attached hydrogens (tertiary/aromatic N) is 1. The van der Waals surface area contributed by atoms with Crippen LogP contribution < -0.4 is 0 Å². The van der Waals surface area contributed by atoms with E-state index in [4.69, 9.17) is 0 Å². The first-order valence-electron chi connectivity index (χ1n) is 9.21. The van der Waals surface area contributed by atoms with E-state index in [1.807, 2.05) is 57.2 Å². The summed E-state index contributed by atoms with van der Waals surface area (Å²) in [6.07, 6.45) is 1.75. The van der Waals surface area contributed by atoms with Crippen LogP contribution in [-0.2, 0) is 23.2 Å². The molecule has 132 valence electrons. The molecule has 0 aromatic heterocycles. The molecule has 3 heteroatoms. The molecule has 0 fully saturated rings. The van der Waals surface area contributed by atoms with Crippen LogP contribution in [0.5, 0.6) is 0 Å². The molecule has 0 saturated carbocycles. The maximum Gasteiger partial charge on any atom is 0.229 e. The molecule has 0 heterocycles. The monoisotopic (exact) mass is 337 g/mol. The number of fused-ring (bicyclic) bond motifs is 2. The summed E-state index contributed by atoms with van der Waals surface area (Å²) in [4.78, 5) is 14.9. The van der Waals surface area contributed by atoms with E-state index in [2.05, 4.69) is 12.1 Å². The first-order chi connectivity index (χ1) is 12.0. The second kappa shape index (κ2) is 7.01. The fourth-order valence-corrected chi connectivity index (χ4v) is 4.09. The molecule has 0 aliphatic heterocycles. The third-order valence-corrected chi connectivity index (χ3v) is 5.59. The highest BCUT2D eigenvalue weighted by molar-refractivity contribution is 5.81. The summed E-state index contributed by atoms with van der Waals surface area (Å²) < 4.78 is 0. The topological polar surface area (TPSA) is 40.5 Å². The zero-order valence-corrected chi connectivity index (χ0v) is 15.3. The molecule has 1 aliphatic carbocycles. The van der Waals surface area contributed by atoms with Gasteiger partial charge < -0.3 is 10.0 Å². The second-order valence-corrected chi connectivity index (χ2v) is 6.81. The lowest BCUT2D eigenvalue weighted by Gasteiger charge is -2.38. The molecular formula is C22H27NO2. The van der Waals surface area contributed by atoms with Gasteiger partial charge in [0.25, 0.3) is 0 Å². The highest BCUT2D eigenvalue weighted by atomic mass is 16.3. The van der Waals surface area contributed by atoms with Crippen molar-refractivity contribution in [2.24, 2.45) is 5.92 Å². The summed E-state index contributed by atoms with van der Waals surface area (Å²) in [6, 6.07) is 16.0. The van der Waals surface area contributed by atoms with Crippen LogP contribution in [0.15, 0.2) is 48.5 Å². The zero-order valence-electron chi connectivity index (χ0n) is 15.3. The van der Waals surface area contributed by atoms with E-state index in [1.165, 1.54) is 0 Å². The molecule has 1 N–H and O–H groups in total. The molecule has 1 atom stereocenters. The largest absolute Gasteiger partial charge is 0.380 e. The van der Waals surface area contributed by atoms with Crippen LogP contribution in [0, 0.1) is 5.92 Å². The minimum absolute atomic E-state index is 0.000920. The van der Waals surface area contributed by atoms with Gasteiger partial charge in [-0.1, -0.05) is 55.5 Å². The SMILES string of the molecule is CCN(CC)C(=O)[C@@H](C)C1(O)c2ccccc2CCc2ccccc21. The number of carbonyl (C=O) groups excluding carboxylic acids is 1. The predicted molar refractivity (Wildman–Crippen MR) is 100 cm³/mol. The average molecular weight is 337 g/mol. The Balaban J connectivity index is 2.20. The van der Waals surface area contributed by atoms with Gasteiger partial charge >= 0.3 is 0 Å². The van der Waals surface area contributed by atoms with Gasteiger partial charge in [-0.05, 0) is 48.9 Å². The fourth-order valence-electron chi connectivity index (χ4n) is 4.09. The Morgan fingerprint density at radius 1 is 1.00 bits per heavy atom. The van der Waals surface area contributed by atoms with Crippen LogP contribution >= 0.6 is 0 Å². The van der Waals surface area contributed by atoms with Crippen molar-refractivity contribution in [2.45, 2.75) is 39.2 Å². The molecule has 0 unspecified atom stereocenters. The number of aliphatic hydroxyl groups is 1. The number of rotatable bonds is 4. The van der Waals surface area contributed by atoms with Crippen molar-refractivity contribution < 1.29 is 9.90 Å². The Labute approximate surface area is 150 Å². The number of hydrogen-bond donors (Lipinski definition) is 1. The lowest BCUT2D eigenvalue weighted by Crippen LogP contribution is -2.46. The molecule has 1 amide bonds. The van der Waals surface area contributed by atoms with E-state index < -0.39 is 11.5 Å². The molecule has 3 rings (SSSR count).